The third-order valence-electron chi connectivity index (χ3n) is 6.67. The van der Waals surface area contributed by atoms with Gasteiger partial charge in [0.1, 0.15) is 13.9 Å². The van der Waals surface area contributed by atoms with Crippen molar-refractivity contribution in [2.75, 3.05) is 0 Å². The Morgan fingerprint density at radius 3 is 2.29 bits per heavy atom. The molecule has 3 nitrogen and oxygen atoms in total. The minimum Gasteiger partial charge on any atom is -0.294 e. The fourth-order valence-corrected chi connectivity index (χ4v) is 6.92. The highest BCUT2D eigenvalue weighted by Crippen LogP contribution is 2.34. The molecule has 3 heterocycles. The standard InChI is InChI=1S/C30H25N3Si/c1-34(2,30-15-6-8-19-32-30)24-11-9-10-22(20-24)23-16-17-26-25-12-3-4-13-27(25)33(28(26)21-23)29-14-5-7-18-31-29/h3-21H,1-2H3/i15D. The van der Waals surface area contributed by atoms with Gasteiger partial charge in [-0.1, -0.05) is 85.0 Å². The summed E-state index contributed by atoms with van der Waals surface area (Å²) in [7, 11) is -2.12. The number of aromatic nitrogens is 3. The van der Waals surface area contributed by atoms with E-state index in [4.69, 9.17) is 1.37 Å². The summed E-state index contributed by atoms with van der Waals surface area (Å²) >= 11 is 0. The van der Waals surface area contributed by atoms with Gasteiger partial charge in [0.15, 0.2) is 0 Å². The molecule has 6 rings (SSSR count). The van der Waals surface area contributed by atoms with Gasteiger partial charge in [0.05, 0.1) is 12.4 Å². The molecule has 164 valence electrons. The van der Waals surface area contributed by atoms with E-state index in [1.165, 1.54) is 21.5 Å². The molecule has 0 unspecified atom stereocenters. The van der Waals surface area contributed by atoms with E-state index in [9.17, 15) is 0 Å². The number of fused-ring (bicyclic) bond motifs is 3. The van der Waals surface area contributed by atoms with Gasteiger partial charge in [0.25, 0.3) is 0 Å². The van der Waals surface area contributed by atoms with Gasteiger partial charge in [-0.2, -0.15) is 0 Å². The zero-order valence-electron chi connectivity index (χ0n) is 20.2. The van der Waals surface area contributed by atoms with Gasteiger partial charge in [-0.05, 0) is 47.5 Å². The largest absolute Gasteiger partial charge is 0.294 e. The van der Waals surface area contributed by atoms with Crippen molar-refractivity contribution >= 4 is 40.4 Å². The molecule has 0 radical (unpaired) electrons. The second-order valence-corrected chi connectivity index (χ2v) is 13.4. The molecule has 0 fully saturated rings. The Bertz CT molecular complexity index is 1690. The van der Waals surface area contributed by atoms with Gasteiger partial charge in [-0.25, -0.2) is 4.98 Å². The van der Waals surface area contributed by atoms with Gasteiger partial charge >= 0.3 is 0 Å². The average molecular weight is 457 g/mol. The summed E-state index contributed by atoms with van der Waals surface area (Å²) in [5.74, 6) is 0.913. The summed E-state index contributed by atoms with van der Waals surface area (Å²) in [6.45, 7) is 4.54. The molecular weight excluding hydrogens is 430 g/mol. The van der Waals surface area contributed by atoms with E-state index in [2.05, 4.69) is 100 Å². The van der Waals surface area contributed by atoms with Crippen molar-refractivity contribution in [1.82, 2.24) is 14.5 Å². The minimum atomic E-state index is -2.12. The summed E-state index contributed by atoms with van der Waals surface area (Å²) in [5.41, 5.74) is 4.63. The molecule has 0 amide bonds. The lowest BCUT2D eigenvalue weighted by molar-refractivity contribution is 1.08. The smallest absolute Gasteiger partial charge is 0.137 e. The van der Waals surface area contributed by atoms with Crippen LogP contribution >= 0.6 is 0 Å². The zero-order chi connectivity index (χ0) is 24.0. The number of nitrogens with zero attached hydrogens (tertiary/aromatic N) is 3. The Morgan fingerprint density at radius 1 is 0.676 bits per heavy atom. The molecule has 0 aliphatic rings. The fraction of sp³-hybridized carbons (Fsp3) is 0.0667. The second kappa shape index (κ2) is 8.08. The van der Waals surface area contributed by atoms with Crippen LogP contribution in [0.2, 0.25) is 13.1 Å². The van der Waals surface area contributed by atoms with Crippen molar-refractivity contribution in [2.45, 2.75) is 13.1 Å². The van der Waals surface area contributed by atoms with Crippen molar-refractivity contribution in [1.29, 1.82) is 0 Å². The van der Waals surface area contributed by atoms with Gasteiger partial charge in [0.2, 0.25) is 0 Å². The van der Waals surface area contributed by atoms with Crippen LogP contribution in [0.1, 0.15) is 1.37 Å². The van der Waals surface area contributed by atoms with Crippen molar-refractivity contribution in [3.8, 4) is 16.9 Å². The van der Waals surface area contributed by atoms with Crippen LogP contribution in [0.3, 0.4) is 0 Å². The topological polar surface area (TPSA) is 30.7 Å². The van der Waals surface area contributed by atoms with Crippen molar-refractivity contribution in [2.24, 2.45) is 0 Å². The first-order valence-electron chi connectivity index (χ1n) is 12.0. The maximum absolute atomic E-state index is 8.41. The van der Waals surface area contributed by atoms with Crippen LogP contribution in [0.25, 0.3) is 38.8 Å². The van der Waals surface area contributed by atoms with Gasteiger partial charge in [-0.15, -0.1) is 0 Å². The summed E-state index contributed by atoms with van der Waals surface area (Å²) < 4.78 is 10.7. The molecule has 4 heteroatoms. The molecule has 0 aliphatic heterocycles. The molecule has 0 saturated carbocycles. The van der Waals surface area contributed by atoms with E-state index in [0.29, 0.717) is 6.04 Å². The number of para-hydroxylation sites is 1. The second-order valence-electron chi connectivity index (χ2n) is 9.11. The number of benzene rings is 3. The first-order valence-corrected chi connectivity index (χ1v) is 14.5. The Labute approximate surface area is 201 Å². The van der Waals surface area contributed by atoms with Gasteiger partial charge in [-0.3, -0.25) is 9.55 Å². The average Bonchev–Trinajstić information content (AvgIpc) is 3.23. The molecule has 34 heavy (non-hydrogen) atoms. The quantitative estimate of drug-likeness (QED) is 0.302. The maximum Gasteiger partial charge on any atom is 0.137 e. The highest BCUT2D eigenvalue weighted by molar-refractivity contribution is 6.99. The number of hydrogen-bond acceptors (Lipinski definition) is 2. The molecule has 3 aromatic carbocycles. The van der Waals surface area contributed by atoms with E-state index >= 15 is 0 Å². The van der Waals surface area contributed by atoms with Crippen molar-refractivity contribution in [3.63, 3.8) is 0 Å². The molecular formula is C30H25N3Si. The highest BCUT2D eigenvalue weighted by atomic mass is 28.3. The maximum atomic E-state index is 8.41. The summed E-state index contributed by atoms with van der Waals surface area (Å²) in [4.78, 5) is 9.26. The molecule has 0 atom stereocenters. The predicted molar refractivity (Wildman–Crippen MR) is 145 cm³/mol. The third-order valence-corrected chi connectivity index (χ3v) is 9.88. The van der Waals surface area contributed by atoms with Gasteiger partial charge in [0, 0.05) is 28.5 Å². The number of rotatable bonds is 4. The third kappa shape index (κ3) is 3.35. The summed E-state index contributed by atoms with van der Waals surface area (Å²) in [6, 6.07) is 34.2. The lowest BCUT2D eigenvalue weighted by atomic mass is 10.0. The van der Waals surface area contributed by atoms with Crippen molar-refractivity contribution in [3.05, 3.63) is 115 Å². The van der Waals surface area contributed by atoms with Gasteiger partial charge < -0.3 is 0 Å². The Kier molecular flexibility index (Phi) is 4.62. The van der Waals surface area contributed by atoms with E-state index in [1.807, 2.05) is 30.5 Å². The monoisotopic (exact) mass is 456 g/mol. The van der Waals surface area contributed by atoms with E-state index in [0.717, 1.165) is 27.7 Å². The number of pyridine rings is 2. The summed E-state index contributed by atoms with van der Waals surface area (Å²) in [5, 5.41) is 4.63. The van der Waals surface area contributed by atoms with Crippen LogP contribution in [0, 0.1) is 0 Å². The van der Waals surface area contributed by atoms with E-state index < -0.39 is 8.07 Å². The van der Waals surface area contributed by atoms with Crippen LogP contribution in [0.4, 0.5) is 0 Å². The zero-order valence-corrected chi connectivity index (χ0v) is 20.2. The molecule has 0 aliphatic carbocycles. The molecule has 0 spiro atoms. The first-order chi connectivity index (χ1) is 17.0. The predicted octanol–water partition coefficient (Wildman–Crippen LogP) is 6.06. The summed E-state index contributed by atoms with van der Waals surface area (Å²) in [6.07, 6.45) is 3.64. The van der Waals surface area contributed by atoms with Crippen LogP contribution < -0.4 is 10.5 Å². The van der Waals surface area contributed by atoms with Crippen LogP contribution in [-0.4, -0.2) is 22.6 Å². The molecule has 0 bridgehead atoms. The van der Waals surface area contributed by atoms with Crippen LogP contribution in [-0.2, 0) is 0 Å². The van der Waals surface area contributed by atoms with Crippen LogP contribution in [0.5, 0.6) is 0 Å². The first kappa shape index (κ1) is 19.4. The normalized spacial score (nSPS) is 12.2. The SMILES string of the molecule is [2H]c1cccnc1[Si](C)(C)c1cccc(-c2ccc3c4ccccc4n(-c4ccccn4)c3c2)c1. The minimum absolute atomic E-state index is 0.524. The molecule has 0 saturated heterocycles. The molecule has 0 N–H and O–H groups in total. The number of hydrogen-bond donors (Lipinski definition) is 0. The Hall–Kier alpha value is -4.02. The van der Waals surface area contributed by atoms with E-state index in [1.54, 1.807) is 6.20 Å². The lowest BCUT2D eigenvalue weighted by Gasteiger charge is -2.23. The van der Waals surface area contributed by atoms with Crippen LogP contribution in [0.15, 0.2) is 115 Å². The Morgan fingerprint density at radius 2 is 1.44 bits per heavy atom. The lowest BCUT2D eigenvalue weighted by Crippen LogP contribution is -2.54. The Balaban J connectivity index is 1.53. The van der Waals surface area contributed by atoms with E-state index in [-0.39, 0.29) is 0 Å². The molecule has 6 aromatic rings. The molecule has 3 aromatic heterocycles. The fourth-order valence-electron chi connectivity index (χ4n) is 4.77. The highest BCUT2D eigenvalue weighted by Gasteiger charge is 2.27. The van der Waals surface area contributed by atoms with Crippen molar-refractivity contribution < 1.29 is 1.37 Å².